The molecule has 2 rings (SSSR count). The minimum Gasteiger partial charge on any atom is -0.508 e. The van der Waals surface area contributed by atoms with Gasteiger partial charge in [0, 0.05) is 6.04 Å². The van der Waals surface area contributed by atoms with E-state index >= 15 is 0 Å². The summed E-state index contributed by atoms with van der Waals surface area (Å²) in [5, 5.41) is 13.6. The first kappa shape index (κ1) is 22.5. The zero-order valence-electron chi connectivity index (χ0n) is 16.1. The highest BCUT2D eigenvalue weighted by atomic mass is 79.9. The van der Waals surface area contributed by atoms with Crippen molar-refractivity contribution in [2.24, 2.45) is 0 Å². The number of unbranched alkanes of at least 4 members (excludes halogenated alkanes) is 9. The number of fused-ring (bicyclic) bond motifs is 1. The predicted octanol–water partition coefficient (Wildman–Crippen LogP) is 6.34. The standard InChI is InChI=1S/C22H37NO.BrH/c1-2-3-4-5-6-7-8-9-10-11-17-23-20-15-16-21-19(18-20)13-12-14-22(21)24;/h12-14,20,23-24H,2-11,15-18H2,1H3;1H. The van der Waals surface area contributed by atoms with Gasteiger partial charge in [-0.1, -0.05) is 76.8 Å². The van der Waals surface area contributed by atoms with E-state index < -0.39 is 0 Å². The summed E-state index contributed by atoms with van der Waals surface area (Å²) in [5.74, 6) is 0.487. The van der Waals surface area contributed by atoms with Gasteiger partial charge in [-0.2, -0.15) is 0 Å². The molecule has 2 nitrogen and oxygen atoms in total. The molecule has 144 valence electrons. The summed E-state index contributed by atoms with van der Waals surface area (Å²) >= 11 is 0. The van der Waals surface area contributed by atoms with Crippen LogP contribution in [0.15, 0.2) is 18.2 Å². The topological polar surface area (TPSA) is 32.3 Å². The Bertz CT molecular complexity index is 463. The van der Waals surface area contributed by atoms with Gasteiger partial charge in [-0.05, 0) is 49.4 Å². The quantitative estimate of drug-likeness (QED) is 0.393. The van der Waals surface area contributed by atoms with Gasteiger partial charge in [-0.25, -0.2) is 0 Å². The number of hydrogen-bond acceptors (Lipinski definition) is 2. The molecule has 0 heterocycles. The van der Waals surface area contributed by atoms with E-state index in [1.165, 1.54) is 75.3 Å². The Morgan fingerprint density at radius 3 is 2.28 bits per heavy atom. The summed E-state index contributed by atoms with van der Waals surface area (Å²) in [6.07, 6.45) is 17.2. The second-order valence-electron chi connectivity index (χ2n) is 7.49. The summed E-state index contributed by atoms with van der Waals surface area (Å²) in [4.78, 5) is 0. The Balaban J connectivity index is 0.00000312. The monoisotopic (exact) mass is 411 g/mol. The maximum absolute atomic E-state index is 9.90. The average molecular weight is 412 g/mol. The molecule has 0 saturated heterocycles. The fraction of sp³-hybridized carbons (Fsp3) is 0.727. The van der Waals surface area contributed by atoms with Crippen molar-refractivity contribution in [1.29, 1.82) is 0 Å². The molecule has 1 atom stereocenters. The van der Waals surface area contributed by atoms with Crippen LogP contribution in [0.25, 0.3) is 0 Å². The second kappa shape index (κ2) is 13.6. The Hall–Kier alpha value is -0.540. The third kappa shape index (κ3) is 8.59. The van der Waals surface area contributed by atoms with Gasteiger partial charge in [-0.3, -0.25) is 0 Å². The van der Waals surface area contributed by atoms with Crippen LogP contribution in [0.5, 0.6) is 5.75 Å². The van der Waals surface area contributed by atoms with Crippen molar-refractivity contribution in [3.05, 3.63) is 29.3 Å². The zero-order chi connectivity index (χ0) is 17.0. The number of aromatic hydroxyl groups is 1. The molecular formula is C22H38BrNO. The highest BCUT2D eigenvalue weighted by Crippen LogP contribution is 2.28. The summed E-state index contributed by atoms with van der Waals surface area (Å²) in [6.45, 7) is 3.43. The Morgan fingerprint density at radius 2 is 1.60 bits per heavy atom. The van der Waals surface area contributed by atoms with E-state index in [4.69, 9.17) is 0 Å². The van der Waals surface area contributed by atoms with Gasteiger partial charge in [0.25, 0.3) is 0 Å². The van der Waals surface area contributed by atoms with Gasteiger partial charge >= 0.3 is 0 Å². The Kier molecular flexibility index (Phi) is 12.3. The van der Waals surface area contributed by atoms with E-state index in [0.717, 1.165) is 25.8 Å². The van der Waals surface area contributed by atoms with E-state index in [1.54, 1.807) is 0 Å². The van der Waals surface area contributed by atoms with E-state index in [9.17, 15) is 5.11 Å². The van der Waals surface area contributed by atoms with E-state index in [0.29, 0.717) is 11.8 Å². The SMILES string of the molecule is Br.CCCCCCCCCCCCNC1CCc2c(O)cccc2C1. The van der Waals surface area contributed by atoms with Gasteiger partial charge < -0.3 is 10.4 Å². The summed E-state index contributed by atoms with van der Waals surface area (Å²) in [7, 11) is 0. The fourth-order valence-electron chi connectivity index (χ4n) is 3.88. The van der Waals surface area contributed by atoms with Crippen LogP contribution in [0.2, 0.25) is 0 Å². The lowest BCUT2D eigenvalue weighted by atomic mass is 9.87. The number of phenols is 1. The highest BCUT2D eigenvalue weighted by molar-refractivity contribution is 8.93. The summed E-state index contributed by atoms with van der Waals surface area (Å²) < 4.78 is 0. The first-order valence-corrected chi connectivity index (χ1v) is 10.3. The third-order valence-corrected chi connectivity index (χ3v) is 5.42. The minimum atomic E-state index is 0. The molecule has 0 aromatic heterocycles. The largest absolute Gasteiger partial charge is 0.508 e. The smallest absolute Gasteiger partial charge is 0.119 e. The number of benzene rings is 1. The molecule has 1 aliphatic carbocycles. The fourth-order valence-corrected chi connectivity index (χ4v) is 3.88. The van der Waals surface area contributed by atoms with Crippen molar-refractivity contribution in [2.75, 3.05) is 6.54 Å². The lowest BCUT2D eigenvalue weighted by Crippen LogP contribution is -2.35. The van der Waals surface area contributed by atoms with Crippen LogP contribution in [0.4, 0.5) is 0 Å². The molecule has 3 heteroatoms. The second-order valence-corrected chi connectivity index (χ2v) is 7.49. The normalized spacial score (nSPS) is 16.3. The van der Waals surface area contributed by atoms with Crippen LogP contribution in [0.3, 0.4) is 0 Å². The highest BCUT2D eigenvalue weighted by Gasteiger charge is 2.19. The molecule has 0 radical (unpaired) electrons. The van der Waals surface area contributed by atoms with Crippen molar-refractivity contribution < 1.29 is 5.11 Å². The first-order valence-electron chi connectivity index (χ1n) is 10.3. The van der Waals surface area contributed by atoms with Crippen LogP contribution in [-0.4, -0.2) is 17.7 Å². The molecule has 1 aromatic carbocycles. The molecule has 0 spiro atoms. The van der Waals surface area contributed by atoms with E-state index in [1.807, 2.05) is 12.1 Å². The molecule has 1 aromatic rings. The van der Waals surface area contributed by atoms with Crippen LogP contribution in [0.1, 0.15) is 88.7 Å². The lowest BCUT2D eigenvalue weighted by Gasteiger charge is -2.26. The third-order valence-electron chi connectivity index (χ3n) is 5.42. The maximum Gasteiger partial charge on any atom is 0.119 e. The molecule has 0 bridgehead atoms. The Labute approximate surface area is 165 Å². The Morgan fingerprint density at radius 1 is 0.960 bits per heavy atom. The van der Waals surface area contributed by atoms with Gasteiger partial charge in [0.05, 0.1) is 0 Å². The maximum atomic E-state index is 9.90. The summed E-state index contributed by atoms with van der Waals surface area (Å²) in [6, 6.07) is 6.55. The number of halogens is 1. The predicted molar refractivity (Wildman–Crippen MR) is 114 cm³/mol. The van der Waals surface area contributed by atoms with Gasteiger partial charge in [0.1, 0.15) is 5.75 Å². The van der Waals surface area contributed by atoms with Crippen LogP contribution in [-0.2, 0) is 12.8 Å². The molecule has 0 amide bonds. The molecular weight excluding hydrogens is 374 g/mol. The van der Waals surface area contributed by atoms with Crippen molar-refractivity contribution in [3.63, 3.8) is 0 Å². The zero-order valence-corrected chi connectivity index (χ0v) is 17.8. The number of phenolic OH excluding ortho intramolecular Hbond substituents is 1. The van der Waals surface area contributed by atoms with Crippen LogP contribution >= 0.6 is 17.0 Å². The lowest BCUT2D eigenvalue weighted by molar-refractivity contribution is 0.426. The number of rotatable bonds is 12. The van der Waals surface area contributed by atoms with Gasteiger partial charge in [0.15, 0.2) is 0 Å². The average Bonchev–Trinajstić information content (AvgIpc) is 2.60. The van der Waals surface area contributed by atoms with Crippen LogP contribution < -0.4 is 5.32 Å². The van der Waals surface area contributed by atoms with Crippen molar-refractivity contribution in [1.82, 2.24) is 5.32 Å². The number of hydrogen-bond donors (Lipinski definition) is 2. The minimum absolute atomic E-state index is 0. The molecule has 0 fully saturated rings. The molecule has 2 N–H and O–H groups in total. The molecule has 1 aliphatic rings. The summed E-state index contributed by atoms with van der Waals surface area (Å²) in [5.41, 5.74) is 2.51. The molecule has 25 heavy (non-hydrogen) atoms. The van der Waals surface area contributed by atoms with Crippen LogP contribution in [0, 0.1) is 0 Å². The molecule has 0 saturated carbocycles. The van der Waals surface area contributed by atoms with Crippen molar-refractivity contribution >= 4 is 17.0 Å². The van der Waals surface area contributed by atoms with E-state index in [2.05, 4.69) is 18.3 Å². The molecule has 0 aliphatic heterocycles. The number of nitrogens with one attached hydrogen (secondary N) is 1. The molecule has 1 unspecified atom stereocenters. The first-order chi connectivity index (χ1) is 11.8. The van der Waals surface area contributed by atoms with Gasteiger partial charge in [0.2, 0.25) is 0 Å². The van der Waals surface area contributed by atoms with E-state index in [-0.39, 0.29) is 17.0 Å². The van der Waals surface area contributed by atoms with Gasteiger partial charge in [-0.15, -0.1) is 17.0 Å². The van der Waals surface area contributed by atoms with Crippen molar-refractivity contribution in [3.8, 4) is 5.75 Å². The van der Waals surface area contributed by atoms with Crippen molar-refractivity contribution in [2.45, 2.75) is 96.4 Å².